The van der Waals surface area contributed by atoms with Crippen LogP contribution in [0.1, 0.15) is 28.8 Å². The Balaban J connectivity index is 1.86. The summed E-state index contributed by atoms with van der Waals surface area (Å²) in [5.74, 6) is 0.00393. The number of carbonyl (C=O) groups is 2. The zero-order valence-corrected chi connectivity index (χ0v) is 15.9. The second-order valence-electron chi connectivity index (χ2n) is 5.88. The van der Waals surface area contributed by atoms with Crippen molar-refractivity contribution in [3.05, 3.63) is 32.2 Å². The maximum absolute atomic E-state index is 13.1. The van der Waals surface area contributed by atoms with E-state index in [0.29, 0.717) is 29.1 Å². The molecule has 1 aliphatic carbocycles. The Labute approximate surface area is 155 Å². The Kier molecular flexibility index (Phi) is 5.00. The van der Waals surface area contributed by atoms with Crippen LogP contribution in [0.2, 0.25) is 0 Å². The first-order chi connectivity index (χ1) is 11.4. The van der Waals surface area contributed by atoms with E-state index in [0.717, 1.165) is 29.4 Å². The molecule has 3 rings (SSSR count). The van der Waals surface area contributed by atoms with E-state index in [1.54, 1.807) is 4.57 Å². The highest BCUT2D eigenvalue weighted by atomic mass is 79.9. The number of hydrogen-bond donors (Lipinski definition) is 1. The third kappa shape index (κ3) is 3.23. The summed E-state index contributed by atoms with van der Waals surface area (Å²) in [6.45, 7) is 0.590. The smallest absolute Gasteiger partial charge is 0.404 e. The van der Waals surface area contributed by atoms with Crippen LogP contribution < -0.4 is 5.73 Å². The Morgan fingerprint density at radius 3 is 2.67 bits per heavy atom. The largest absolute Gasteiger partial charge is 0.445 e. The van der Waals surface area contributed by atoms with E-state index < -0.39 is 6.09 Å². The molecule has 6 nitrogen and oxygen atoms in total. The van der Waals surface area contributed by atoms with Crippen molar-refractivity contribution in [2.45, 2.75) is 31.8 Å². The number of primary amides is 1. The summed E-state index contributed by atoms with van der Waals surface area (Å²) in [5.41, 5.74) is 6.67. The summed E-state index contributed by atoms with van der Waals surface area (Å²) in [6, 6.07) is 0.352. The zero-order valence-electron chi connectivity index (χ0n) is 12.7. The average Bonchev–Trinajstić information content (AvgIpc) is 3.34. The van der Waals surface area contributed by atoms with Gasteiger partial charge in [0, 0.05) is 23.7 Å². The van der Waals surface area contributed by atoms with Gasteiger partial charge in [0.25, 0.3) is 5.91 Å². The molecule has 0 spiro atoms. The van der Waals surface area contributed by atoms with Crippen LogP contribution in [0.5, 0.6) is 0 Å². The quantitative estimate of drug-likeness (QED) is 0.727. The van der Waals surface area contributed by atoms with E-state index in [9.17, 15) is 14.0 Å². The molecule has 0 aromatic carbocycles. The fourth-order valence-electron chi connectivity index (χ4n) is 2.89. The maximum Gasteiger partial charge on any atom is 0.404 e. The van der Waals surface area contributed by atoms with Gasteiger partial charge in [-0.25, -0.2) is 9.18 Å². The van der Waals surface area contributed by atoms with Crippen LogP contribution in [0, 0.1) is 0 Å². The summed E-state index contributed by atoms with van der Waals surface area (Å²) in [5, 5.41) is 0. The van der Waals surface area contributed by atoms with Crippen LogP contribution in [0.15, 0.2) is 21.1 Å². The molecule has 1 aromatic rings. The predicted octanol–water partition coefficient (Wildman–Crippen LogP) is 3.12. The second-order valence-corrected chi connectivity index (χ2v) is 7.38. The lowest BCUT2D eigenvalue weighted by molar-refractivity contribution is 0.0726. The van der Waals surface area contributed by atoms with E-state index >= 15 is 0 Å². The van der Waals surface area contributed by atoms with Gasteiger partial charge in [-0.2, -0.15) is 0 Å². The van der Waals surface area contributed by atoms with Crippen LogP contribution in [-0.4, -0.2) is 40.7 Å². The van der Waals surface area contributed by atoms with Crippen LogP contribution in [0.3, 0.4) is 0 Å². The summed E-state index contributed by atoms with van der Waals surface area (Å²) < 4.78 is 20.8. The highest BCUT2D eigenvalue weighted by Gasteiger charge is 2.39. The van der Waals surface area contributed by atoms with Gasteiger partial charge in [-0.15, -0.1) is 0 Å². The standard InChI is InChI=1S/C15H16Br2FN3O3/c16-12-10-3-4-20(9-1-2-9)14(22)11(10)13(17)21(12)6-8(5-18)7-24-15(19)23/h5,9H,1-4,6-7H2,(H2,19,23). The minimum atomic E-state index is -0.963. The van der Waals surface area contributed by atoms with Gasteiger partial charge in [0.2, 0.25) is 0 Å². The number of amides is 2. The van der Waals surface area contributed by atoms with Gasteiger partial charge < -0.3 is 19.9 Å². The summed E-state index contributed by atoms with van der Waals surface area (Å²) in [7, 11) is 0. The predicted molar refractivity (Wildman–Crippen MR) is 92.3 cm³/mol. The number of fused-ring (bicyclic) bond motifs is 1. The second kappa shape index (κ2) is 6.87. The highest BCUT2D eigenvalue weighted by Crippen LogP contribution is 2.39. The van der Waals surface area contributed by atoms with Gasteiger partial charge in [-0.1, -0.05) is 0 Å². The first-order valence-electron chi connectivity index (χ1n) is 7.51. The Bertz CT molecular complexity index is 728. The molecule has 0 bridgehead atoms. The van der Waals surface area contributed by atoms with Crippen LogP contribution >= 0.6 is 31.9 Å². The fraction of sp³-hybridized carbons (Fsp3) is 0.467. The number of carbonyl (C=O) groups excluding carboxylic acids is 2. The molecule has 2 N–H and O–H groups in total. The van der Waals surface area contributed by atoms with Crippen molar-refractivity contribution in [1.82, 2.24) is 9.47 Å². The molecule has 0 radical (unpaired) electrons. The molecule has 0 atom stereocenters. The normalized spacial score (nSPS) is 17.9. The molecule has 2 amide bonds. The lowest BCUT2D eigenvalue weighted by atomic mass is 10.0. The summed E-state index contributed by atoms with van der Waals surface area (Å²) in [4.78, 5) is 25.3. The Hall–Kier alpha value is -1.35. The SMILES string of the molecule is NC(=O)OCC(=CF)Cn1c(Br)c2c(c1Br)C(=O)N(C1CC1)CC2. The molecular weight excluding hydrogens is 449 g/mol. The molecule has 0 saturated heterocycles. The zero-order chi connectivity index (χ0) is 17.4. The number of hydrogen-bond acceptors (Lipinski definition) is 3. The third-order valence-electron chi connectivity index (χ3n) is 4.21. The molecule has 1 saturated carbocycles. The van der Waals surface area contributed by atoms with E-state index in [1.165, 1.54) is 0 Å². The van der Waals surface area contributed by atoms with E-state index in [4.69, 9.17) is 5.73 Å². The van der Waals surface area contributed by atoms with Gasteiger partial charge in [0.05, 0.1) is 27.6 Å². The maximum atomic E-state index is 13.1. The molecule has 1 aromatic heterocycles. The highest BCUT2D eigenvalue weighted by molar-refractivity contribution is 9.11. The lowest BCUT2D eigenvalue weighted by Crippen LogP contribution is -2.38. The third-order valence-corrected chi connectivity index (χ3v) is 5.94. The van der Waals surface area contributed by atoms with Crippen molar-refractivity contribution >= 4 is 43.9 Å². The number of aromatic nitrogens is 1. The monoisotopic (exact) mass is 463 g/mol. The molecule has 0 unspecified atom stereocenters. The molecule has 2 heterocycles. The summed E-state index contributed by atoms with van der Waals surface area (Å²) in [6.07, 6.45) is 2.28. The van der Waals surface area contributed by atoms with Crippen LogP contribution in [0.4, 0.5) is 9.18 Å². The molecule has 24 heavy (non-hydrogen) atoms. The minimum absolute atomic E-state index is 0.00393. The van der Waals surface area contributed by atoms with E-state index in [1.807, 2.05) is 4.90 Å². The summed E-state index contributed by atoms with van der Waals surface area (Å²) >= 11 is 6.97. The number of nitrogens with zero attached hydrogens (tertiary/aromatic N) is 2. The number of halogens is 3. The molecule has 9 heteroatoms. The molecular formula is C15H16Br2FN3O3. The van der Waals surface area contributed by atoms with Gasteiger partial charge in [0.15, 0.2) is 0 Å². The van der Waals surface area contributed by atoms with Crippen LogP contribution in [0.25, 0.3) is 0 Å². The number of nitrogens with two attached hydrogens (primary N) is 1. The van der Waals surface area contributed by atoms with Crippen molar-refractivity contribution in [1.29, 1.82) is 0 Å². The Morgan fingerprint density at radius 2 is 2.08 bits per heavy atom. The van der Waals surface area contributed by atoms with Crippen molar-refractivity contribution < 1.29 is 18.7 Å². The van der Waals surface area contributed by atoms with Crippen molar-refractivity contribution in [2.75, 3.05) is 13.2 Å². The fourth-order valence-corrected chi connectivity index (χ4v) is 4.54. The van der Waals surface area contributed by atoms with Gasteiger partial charge >= 0.3 is 6.09 Å². The number of ether oxygens (including phenoxy) is 1. The van der Waals surface area contributed by atoms with Gasteiger partial charge in [-0.05, 0) is 51.1 Å². The van der Waals surface area contributed by atoms with Crippen molar-refractivity contribution in [3.63, 3.8) is 0 Å². The minimum Gasteiger partial charge on any atom is -0.445 e. The molecule has 1 fully saturated rings. The number of rotatable bonds is 5. The molecule has 2 aliphatic rings. The molecule has 130 valence electrons. The molecule has 1 aliphatic heterocycles. The average molecular weight is 465 g/mol. The van der Waals surface area contributed by atoms with Crippen LogP contribution in [-0.2, 0) is 17.7 Å². The first-order valence-corrected chi connectivity index (χ1v) is 9.10. The Morgan fingerprint density at radius 1 is 1.38 bits per heavy atom. The van der Waals surface area contributed by atoms with Crippen molar-refractivity contribution in [3.8, 4) is 0 Å². The van der Waals surface area contributed by atoms with E-state index in [-0.39, 0.29) is 24.6 Å². The van der Waals surface area contributed by atoms with E-state index in [2.05, 4.69) is 36.6 Å². The first kappa shape index (κ1) is 17.5. The van der Waals surface area contributed by atoms with Gasteiger partial charge in [-0.3, -0.25) is 4.79 Å². The topological polar surface area (TPSA) is 77.6 Å². The van der Waals surface area contributed by atoms with Crippen molar-refractivity contribution in [2.24, 2.45) is 5.73 Å². The lowest BCUT2D eigenvalue weighted by Gasteiger charge is -2.27. The van der Waals surface area contributed by atoms with Gasteiger partial charge in [0.1, 0.15) is 6.61 Å².